The molecule has 3 nitrogen and oxygen atoms in total. The lowest BCUT2D eigenvalue weighted by Crippen LogP contribution is -2.30. The van der Waals surface area contributed by atoms with Gasteiger partial charge in [-0.25, -0.2) is 0 Å². The molecule has 1 aromatic rings. The van der Waals surface area contributed by atoms with Gasteiger partial charge in [0.25, 0.3) is 0 Å². The Hall–Kier alpha value is -0.930. The van der Waals surface area contributed by atoms with Crippen LogP contribution in [0.25, 0.3) is 0 Å². The summed E-state index contributed by atoms with van der Waals surface area (Å²) < 4.78 is 0. The molecule has 1 aliphatic rings. The number of pyridine rings is 1. The molecule has 0 aliphatic heterocycles. The van der Waals surface area contributed by atoms with Gasteiger partial charge in [-0.2, -0.15) is 0 Å². The average molecular weight is 233 g/mol. The molecule has 1 aliphatic carbocycles. The zero-order valence-corrected chi connectivity index (χ0v) is 11.2. The average Bonchev–Trinajstić information content (AvgIpc) is 3.06. The van der Waals surface area contributed by atoms with Crippen LogP contribution in [0.1, 0.15) is 29.8 Å². The van der Waals surface area contributed by atoms with E-state index in [0.717, 1.165) is 37.1 Å². The number of aromatic nitrogens is 1. The van der Waals surface area contributed by atoms with Gasteiger partial charge in [0.15, 0.2) is 0 Å². The van der Waals surface area contributed by atoms with Crippen molar-refractivity contribution < 1.29 is 0 Å². The highest BCUT2D eigenvalue weighted by Gasteiger charge is 2.19. The number of likely N-dealkylation sites (N-methyl/N-ethyl adjacent to an activating group) is 1. The summed E-state index contributed by atoms with van der Waals surface area (Å²) in [5.74, 6) is 0. The van der Waals surface area contributed by atoms with Crippen LogP contribution in [-0.2, 0) is 6.54 Å². The van der Waals surface area contributed by atoms with Crippen molar-refractivity contribution in [3.05, 3.63) is 29.1 Å². The normalized spacial score (nSPS) is 15.5. The highest BCUT2D eigenvalue weighted by atomic mass is 15.1. The SMILES string of the molecule is Cc1ccc(CN(C)CCNC2CC2)c(C)n1. The Kier molecular flexibility index (Phi) is 4.13. The first-order chi connectivity index (χ1) is 8.15. The summed E-state index contributed by atoms with van der Waals surface area (Å²) in [5, 5.41) is 3.54. The molecule has 0 radical (unpaired) electrons. The van der Waals surface area contributed by atoms with Crippen LogP contribution >= 0.6 is 0 Å². The lowest BCUT2D eigenvalue weighted by Gasteiger charge is -2.18. The molecule has 17 heavy (non-hydrogen) atoms. The molecule has 1 saturated carbocycles. The standard InChI is InChI=1S/C14H23N3/c1-11-4-5-13(12(2)16-11)10-17(3)9-8-15-14-6-7-14/h4-5,14-15H,6-10H2,1-3H3. The fourth-order valence-corrected chi connectivity index (χ4v) is 2.00. The lowest BCUT2D eigenvalue weighted by atomic mass is 10.2. The zero-order chi connectivity index (χ0) is 12.3. The van der Waals surface area contributed by atoms with Gasteiger partial charge in [-0.1, -0.05) is 6.07 Å². The summed E-state index contributed by atoms with van der Waals surface area (Å²) in [7, 11) is 2.17. The van der Waals surface area contributed by atoms with E-state index in [4.69, 9.17) is 0 Å². The number of aryl methyl sites for hydroxylation is 2. The second kappa shape index (κ2) is 5.61. The largest absolute Gasteiger partial charge is 0.313 e. The van der Waals surface area contributed by atoms with E-state index in [9.17, 15) is 0 Å². The van der Waals surface area contributed by atoms with Gasteiger partial charge in [0, 0.05) is 37.1 Å². The highest BCUT2D eigenvalue weighted by Crippen LogP contribution is 2.18. The Labute approximate surface area is 104 Å². The Morgan fingerprint density at radius 3 is 2.76 bits per heavy atom. The van der Waals surface area contributed by atoms with E-state index in [0.29, 0.717) is 0 Å². The fraction of sp³-hybridized carbons (Fsp3) is 0.643. The van der Waals surface area contributed by atoms with E-state index in [-0.39, 0.29) is 0 Å². The van der Waals surface area contributed by atoms with Crippen LogP contribution in [0.4, 0.5) is 0 Å². The molecule has 94 valence electrons. The summed E-state index contributed by atoms with van der Waals surface area (Å²) in [6, 6.07) is 5.10. The van der Waals surface area contributed by atoms with E-state index in [1.165, 1.54) is 18.4 Å². The van der Waals surface area contributed by atoms with Crippen LogP contribution in [0, 0.1) is 13.8 Å². The Balaban J connectivity index is 1.77. The molecule has 1 aromatic heterocycles. The monoisotopic (exact) mass is 233 g/mol. The first-order valence-corrected chi connectivity index (χ1v) is 6.50. The minimum atomic E-state index is 0.811. The van der Waals surface area contributed by atoms with Crippen LogP contribution in [0.5, 0.6) is 0 Å². The minimum absolute atomic E-state index is 0.811. The number of hydrogen-bond acceptors (Lipinski definition) is 3. The first kappa shape index (κ1) is 12.5. The molecule has 0 saturated heterocycles. The smallest absolute Gasteiger partial charge is 0.0420 e. The third kappa shape index (κ3) is 4.10. The third-order valence-corrected chi connectivity index (χ3v) is 3.28. The van der Waals surface area contributed by atoms with Crippen LogP contribution in [0.2, 0.25) is 0 Å². The molecule has 3 heteroatoms. The Bertz CT molecular complexity index is 372. The van der Waals surface area contributed by atoms with Crippen molar-refractivity contribution in [2.45, 2.75) is 39.3 Å². The molecule has 1 fully saturated rings. The second-order valence-corrected chi connectivity index (χ2v) is 5.16. The van der Waals surface area contributed by atoms with Crippen molar-refractivity contribution in [3.8, 4) is 0 Å². The van der Waals surface area contributed by atoms with Crippen LogP contribution in [-0.4, -0.2) is 36.1 Å². The molecule has 0 unspecified atom stereocenters. The molecule has 0 spiro atoms. The van der Waals surface area contributed by atoms with Gasteiger partial charge < -0.3 is 10.2 Å². The van der Waals surface area contributed by atoms with Gasteiger partial charge in [-0.05, 0) is 45.4 Å². The molecular formula is C14H23N3. The van der Waals surface area contributed by atoms with Gasteiger partial charge in [-0.3, -0.25) is 4.98 Å². The summed E-state index contributed by atoms with van der Waals surface area (Å²) in [6.45, 7) is 7.33. The van der Waals surface area contributed by atoms with E-state index >= 15 is 0 Å². The van der Waals surface area contributed by atoms with Crippen molar-refractivity contribution in [3.63, 3.8) is 0 Å². The predicted molar refractivity (Wildman–Crippen MR) is 71.1 cm³/mol. The summed E-state index contributed by atoms with van der Waals surface area (Å²) in [5.41, 5.74) is 3.60. The number of nitrogens with zero attached hydrogens (tertiary/aromatic N) is 2. The minimum Gasteiger partial charge on any atom is -0.313 e. The zero-order valence-electron chi connectivity index (χ0n) is 11.2. The maximum Gasteiger partial charge on any atom is 0.0420 e. The molecule has 0 atom stereocenters. The lowest BCUT2D eigenvalue weighted by molar-refractivity contribution is 0.323. The molecule has 1 heterocycles. The molecular weight excluding hydrogens is 210 g/mol. The molecule has 0 bridgehead atoms. The van der Waals surface area contributed by atoms with Gasteiger partial charge in [0.1, 0.15) is 0 Å². The quantitative estimate of drug-likeness (QED) is 0.813. The van der Waals surface area contributed by atoms with Crippen molar-refractivity contribution in [1.29, 1.82) is 0 Å². The molecule has 0 aromatic carbocycles. The third-order valence-electron chi connectivity index (χ3n) is 3.28. The Morgan fingerprint density at radius 1 is 1.35 bits per heavy atom. The molecule has 0 amide bonds. The predicted octanol–water partition coefficient (Wildman–Crippen LogP) is 1.88. The Morgan fingerprint density at radius 2 is 2.12 bits per heavy atom. The van der Waals surface area contributed by atoms with E-state index in [2.05, 4.69) is 41.3 Å². The second-order valence-electron chi connectivity index (χ2n) is 5.16. The summed E-state index contributed by atoms with van der Waals surface area (Å²) in [6.07, 6.45) is 2.73. The maximum absolute atomic E-state index is 4.50. The van der Waals surface area contributed by atoms with E-state index in [1.54, 1.807) is 0 Å². The van der Waals surface area contributed by atoms with Crippen LogP contribution < -0.4 is 5.32 Å². The molecule has 1 N–H and O–H groups in total. The summed E-state index contributed by atoms with van der Waals surface area (Å²) in [4.78, 5) is 6.86. The highest BCUT2D eigenvalue weighted by molar-refractivity contribution is 5.21. The van der Waals surface area contributed by atoms with Crippen molar-refractivity contribution in [1.82, 2.24) is 15.2 Å². The topological polar surface area (TPSA) is 28.2 Å². The van der Waals surface area contributed by atoms with E-state index < -0.39 is 0 Å². The van der Waals surface area contributed by atoms with Gasteiger partial charge in [-0.15, -0.1) is 0 Å². The number of nitrogens with one attached hydrogen (secondary N) is 1. The van der Waals surface area contributed by atoms with Crippen molar-refractivity contribution in [2.75, 3.05) is 20.1 Å². The number of hydrogen-bond donors (Lipinski definition) is 1. The van der Waals surface area contributed by atoms with Crippen LogP contribution in [0.15, 0.2) is 12.1 Å². The van der Waals surface area contributed by atoms with E-state index in [1.807, 2.05) is 6.92 Å². The van der Waals surface area contributed by atoms with Crippen LogP contribution in [0.3, 0.4) is 0 Å². The molecule has 2 rings (SSSR count). The number of rotatable bonds is 6. The van der Waals surface area contributed by atoms with Crippen molar-refractivity contribution >= 4 is 0 Å². The van der Waals surface area contributed by atoms with Gasteiger partial charge in [0.05, 0.1) is 0 Å². The fourth-order valence-electron chi connectivity index (χ4n) is 2.00. The first-order valence-electron chi connectivity index (χ1n) is 6.50. The van der Waals surface area contributed by atoms with Gasteiger partial charge >= 0.3 is 0 Å². The van der Waals surface area contributed by atoms with Gasteiger partial charge in [0.2, 0.25) is 0 Å². The maximum atomic E-state index is 4.50. The summed E-state index contributed by atoms with van der Waals surface area (Å²) >= 11 is 0. The van der Waals surface area contributed by atoms with Crippen molar-refractivity contribution in [2.24, 2.45) is 0 Å².